The van der Waals surface area contributed by atoms with Crippen molar-refractivity contribution in [3.05, 3.63) is 48.0 Å². The van der Waals surface area contributed by atoms with Crippen molar-refractivity contribution in [2.45, 2.75) is 75.8 Å². The SMILES string of the molecule is O=C(O)CCC/C=C/CC1C(OP)CC(OP)C1CCC1(CCc2ccccc2)OCCO1. The van der Waals surface area contributed by atoms with E-state index in [0.717, 1.165) is 44.9 Å². The molecule has 0 amide bonds. The van der Waals surface area contributed by atoms with Gasteiger partial charge < -0.3 is 23.6 Å². The van der Waals surface area contributed by atoms with Crippen molar-refractivity contribution < 1.29 is 28.4 Å². The maximum Gasteiger partial charge on any atom is 0.303 e. The normalized spacial score (nSPS) is 26.8. The average Bonchev–Trinajstić information content (AvgIpc) is 3.43. The van der Waals surface area contributed by atoms with E-state index in [0.29, 0.717) is 31.5 Å². The van der Waals surface area contributed by atoms with Crippen molar-refractivity contribution in [1.29, 1.82) is 0 Å². The first-order valence-electron chi connectivity index (χ1n) is 12.0. The van der Waals surface area contributed by atoms with Gasteiger partial charge in [0.15, 0.2) is 5.79 Å². The maximum atomic E-state index is 10.7. The van der Waals surface area contributed by atoms with Gasteiger partial charge in [-0.15, -0.1) is 0 Å². The first kappa shape index (κ1) is 26.7. The Labute approximate surface area is 202 Å². The van der Waals surface area contributed by atoms with Gasteiger partial charge in [0, 0.05) is 44.6 Å². The van der Waals surface area contributed by atoms with E-state index in [2.05, 4.69) is 55.4 Å². The van der Waals surface area contributed by atoms with E-state index >= 15 is 0 Å². The number of hydrogen-bond acceptors (Lipinski definition) is 5. The van der Waals surface area contributed by atoms with Crippen LogP contribution in [0.2, 0.25) is 0 Å². The zero-order valence-corrected chi connectivity index (χ0v) is 21.6. The molecule has 6 nitrogen and oxygen atoms in total. The van der Waals surface area contributed by atoms with Crippen molar-refractivity contribution in [3.8, 4) is 0 Å². The minimum Gasteiger partial charge on any atom is -0.481 e. The molecule has 184 valence electrons. The second kappa shape index (κ2) is 13.9. The van der Waals surface area contributed by atoms with Crippen molar-refractivity contribution >= 4 is 24.9 Å². The molecule has 0 aromatic heterocycles. The number of allylic oxidation sites excluding steroid dienone is 2. The molecule has 1 aromatic rings. The number of aliphatic carboxylic acids is 1. The van der Waals surface area contributed by atoms with E-state index in [4.69, 9.17) is 23.6 Å². The molecule has 33 heavy (non-hydrogen) atoms. The first-order valence-corrected chi connectivity index (χ1v) is 12.9. The summed E-state index contributed by atoms with van der Waals surface area (Å²) in [6.45, 7) is 1.28. The third-order valence-electron chi connectivity index (χ3n) is 6.97. The highest BCUT2D eigenvalue weighted by molar-refractivity contribution is 7.10. The third-order valence-corrected chi connectivity index (χ3v) is 7.66. The van der Waals surface area contributed by atoms with E-state index in [1.54, 1.807) is 0 Å². The molecule has 1 N–H and O–H groups in total. The van der Waals surface area contributed by atoms with Crippen LogP contribution in [0.3, 0.4) is 0 Å². The summed E-state index contributed by atoms with van der Waals surface area (Å²) >= 11 is 0. The van der Waals surface area contributed by atoms with Gasteiger partial charge in [-0.05, 0) is 49.5 Å². The second-order valence-corrected chi connectivity index (χ2v) is 9.58. The molecule has 2 aliphatic rings. The molecule has 0 radical (unpaired) electrons. The predicted octanol–water partition coefficient (Wildman–Crippen LogP) is 5.33. The van der Waals surface area contributed by atoms with E-state index < -0.39 is 11.8 Å². The quantitative estimate of drug-likeness (QED) is 0.213. The molecule has 1 heterocycles. The first-order chi connectivity index (χ1) is 16.1. The summed E-state index contributed by atoms with van der Waals surface area (Å²) in [4.78, 5) is 10.7. The largest absolute Gasteiger partial charge is 0.481 e. The average molecular weight is 497 g/mol. The number of hydrogen-bond donors (Lipinski definition) is 1. The molecule has 1 saturated heterocycles. The number of aryl methyl sites for hydroxylation is 1. The minimum absolute atomic E-state index is 0.110. The molecule has 6 atom stereocenters. The monoisotopic (exact) mass is 496 g/mol. The van der Waals surface area contributed by atoms with Crippen LogP contribution >= 0.6 is 18.9 Å². The molecule has 0 bridgehead atoms. The number of carbonyl (C=O) groups is 1. The fraction of sp³-hybridized carbons (Fsp3) is 0.640. The number of ether oxygens (including phenoxy) is 2. The highest BCUT2D eigenvalue weighted by Gasteiger charge is 2.45. The van der Waals surface area contributed by atoms with Crippen LogP contribution in [0.4, 0.5) is 0 Å². The van der Waals surface area contributed by atoms with Crippen LogP contribution in [0.15, 0.2) is 42.5 Å². The fourth-order valence-corrected chi connectivity index (χ4v) is 5.81. The molecule has 1 aromatic carbocycles. The van der Waals surface area contributed by atoms with Gasteiger partial charge in [-0.1, -0.05) is 42.5 Å². The summed E-state index contributed by atoms with van der Waals surface area (Å²) in [5.41, 5.74) is 1.30. The standard InChI is InChI=1S/C25H38O6P2/c26-24(27)11-7-2-1-6-10-20-21(23(31-33)18-22(20)30-32)13-15-25(28-16-17-29-25)14-12-19-8-4-3-5-9-19/h1,3-6,8-9,20-23H,2,7,10-18,32-33H2,(H,26,27)/b6-1+. The van der Waals surface area contributed by atoms with E-state index in [-0.39, 0.29) is 18.6 Å². The van der Waals surface area contributed by atoms with Gasteiger partial charge in [-0.25, -0.2) is 0 Å². The Balaban J connectivity index is 1.59. The van der Waals surface area contributed by atoms with E-state index in [9.17, 15) is 4.79 Å². The Morgan fingerprint density at radius 3 is 2.42 bits per heavy atom. The lowest BCUT2D eigenvalue weighted by molar-refractivity contribution is -0.170. The van der Waals surface area contributed by atoms with Gasteiger partial charge in [0.05, 0.1) is 25.4 Å². The van der Waals surface area contributed by atoms with Crippen LogP contribution in [0.5, 0.6) is 0 Å². The summed E-state index contributed by atoms with van der Waals surface area (Å²) in [5.74, 6) is -0.610. The van der Waals surface area contributed by atoms with Crippen LogP contribution in [0, 0.1) is 11.8 Å². The summed E-state index contributed by atoms with van der Waals surface area (Å²) < 4.78 is 23.9. The van der Waals surface area contributed by atoms with Crippen molar-refractivity contribution in [1.82, 2.24) is 0 Å². The minimum atomic E-state index is -0.742. The van der Waals surface area contributed by atoms with Crippen LogP contribution < -0.4 is 0 Å². The van der Waals surface area contributed by atoms with Gasteiger partial charge in [-0.2, -0.15) is 0 Å². The lowest BCUT2D eigenvalue weighted by atomic mass is 9.85. The number of benzene rings is 1. The molecule has 2 fully saturated rings. The molecule has 3 rings (SSSR count). The molecule has 8 heteroatoms. The summed E-state index contributed by atoms with van der Waals surface area (Å²) in [6.07, 6.45) is 11.4. The van der Waals surface area contributed by atoms with Gasteiger partial charge in [-0.3, -0.25) is 4.79 Å². The molecular formula is C25H38O6P2. The smallest absolute Gasteiger partial charge is 0.303 e. The number of carboxylic acids is 1. The predicted molar refractivity (Wildman–Crippen MR) is 135 cm³/mol. The Morgan fingerprint density at radius 2 is 1.76 bits per heavy atom. The maximum absolute atomic E-state index is 10.7. The van der Waals surface area contributed by atoms with Crippen molar-refractivity contribution in [2.24, 2.45) is 11.8 Å². The van der Waals surface area contributed by atoms with Gasteiger partial charge in [0.1, 0.15) is 0 Å². The summed E-state index contributed by atoms with van der Waals surface area (Å²) in [5, 5.41) is 8.79. The number of unbranched alkanes of at least 4 members (excludes halogenated alkanes) is 1. The van der Waals surface area contributed by atoms with Crippen LogP contribution in [0.1, 0.15) is 56.9 Å². The van der Waals surface area contributed by atoms with Crippen molar-refractivity contribution in [3.63, 3.8) is 0 Å². The van der Waals surface area contributed by atoms with Crippen LogP contribution in [0.25, 0.3) is 0 Å². The zero-order chi connectivity index (χ0) is 23.5. The Bertz CT molecular complexity index is 738. The zero-order valence-electron chi connectivity index (χ0n) is 19.3. The number of carboxylic acid groups (broad SMARTS) is 1. The molecule has 1 saturated carbocycles. The molecule has 1 aliphatic carbocycles. The molecular weight excluding hydrogens is 458 g/mol. The molecule has 0 spiro atoms. The lowest BCUT2D eigenvalue weighted by Crippen LogP contribution is -2.33. The van der Waals surface area contributed by atoms with Crippen LogP contribution in [-0.4, -0.2) is 42.3 Å². The highest BCUT2D eigenvalue weighted by Crippen LogP contribution is 2.44. The second-order valence-electron chi connectivity index (χ2n) is 9.04. The Morgan fingerprint density at radius 1 is 1.06 bits per heavy atom. The summed E-state index contributed by atoms with van der Waals surface area (Å²) in [6, 6.07) is 10.5. The van der Waals surface area contributed by atoms with E-state index in [1.807, 2.05) is 6.07 Å². The van der Waals surface area contributed by atoms with Gasteiger partial charge >= 0.3 is 5.97 Å². The Kier molecular flexibility index (Phi) is 11.2. The lowest BCUT2D eigenvalue weighted by Gasteiger charge is -2.31. The van der Waals surface area contributed by atoms with Gasteiger partial charge in [0.2, 0.25) is 0 Å². The van der Waals surface area contributed by atoms with Crippen molar-refractivity contribution in [2.75, 3.05) is 13.2 Å². The molecule has 1 aliphatic heterocycles. The summed E-state index contributed by atoms with van der Waals surface area (Å²) in [7, 11) is 4.86. The Hall–Kier alpha value is -0.870. The van der Waals surface area contributed by atoms with E-state index in [1.165, 1.54) is 5.56 Å². The van der Waals surface area contributed by atoms with Gasteiger partial charge in [0.25, 0.3) is 0 Å². The number of rotatable bonds is 14. The molecule has 6 unspecified atom stereocenters. The fourth-order valence-electron chi connectivity index (χ4n) is 5.19. The highest BCUT2D eigenvalue weighted by atomic mass is 31.0. The van der Waals surface area contributed by atoms with Crippen LogP contribution in [-0.2, 0) is 29.7 Å². The topological polar surface area (TPSA) is 74.2 Å². The third kappa shape index (κ3) is 8.09.